The number of hydrogen-bond acceptors (Lipinski definition) is 4. The van der Waals surface area contributed by atoms with Gasteiger partial charge in [0, 0.05) is 19.0 Å². The summed E-state index contributed by atoms with van der Waals surface area (Å²) in [5.74, 6) is -3.00. The minimum atomic E-state index is -3.73. The van der Waals surface area contributed by atoms with Crippen molar-refractivity contribution in [2.45, 2.75) is 11.8 Å². The van der Waals surface area contributed by atoms with Crippen LogP contribution in [0.15, 0.2) is 47.4 Å². The Labute approximate surface area is 151 Å². The first-order valence-corrected chi connectivity index (χ1v) is 9.40. The van der Waals surface area contributed by atoms with Gasteiger partial charge in [-0.3, -0.25) is 4.79 Å². The van der Waals surface area contributed by atoms with Gasteiger partial charge < -0.3 is 9.64 Å². The number of carbonyl (C=O) groups is 1. The second kappa shape index (κ2) is 7.82. The van der Waals surface area contributed by atoms with Crippen LogP contribution in [0.25, 0.3) is 0 Å². The zero-order valence-electron chi connectivity index (χ0n) is 14.6. The Balaban J connectivity index is 2.18. The number of nitrogens with zero attached hydrogens (tertiary/aromatic N) is 1. The number of hydrogen-bond donors (Lipinski definition) is 0. The maximum Gasteiger partial charge on any atom is 0.230 e. The molecule has 0 bridgehead atoms. The lowest BCUT2D eigenvalue weighted by Crippen LogP contribution is -2.35. The summed E-state index contributed by atoms with van der Waals surface area (Å²) in [4.78, 5) is 13.4. The molecule has 140 valence electrons. The normalized spacial score (nSPS) is 12.5. The Hall–Kier alpha value is -2.48. The van der Waals surface area contributed by atoms with Crippen LogP contribution in [0.2, 0.25) is 0 Å². The van der Waals surface area contributed by atoms with Gasteiger partial charge in [-0.2, -0.15) is 0 Å². The van der Waals surface area contributed by atoms with E-state index in [1.165, 1.54) is 45.3 Å². The van der Waals surface area contributed by atoms with Crippen LogP contribution in [0.3, 0.4) is 0 Å². The van der Waals surface area contributed by atoms with Crippen LogP contribution in [0.5, 0.6) is 5.75 Å². The third kappa shape index (κ3) is 4.37. The predicted molar refractivity (Wildman–Crippen MR) is 94.0 cm³/mol. The summed E-state index contributed by atoms with van der Waals surface area (Å²) in [6, 6.07) is 8.53. The van der Waals surface area contributed by atoms with E-state index in [1.54, 1.807) is 0 Å². The molecule has 0 N–H and O–H groups in total. The van der Waals surface area contributed by atoms with E-state index in [-0.39, 0.29) is 10.6 Å². The Kier molecular flexibility index (Phi) is 5.97. The van der Waals surface area contributed by atoms with Gasteiger partial charge in [-0.15, -0.1) is 0 Å². The van der Waals surface area contributed by atoms with Crippen LogP contribution < -0.4 is 9.64 Å². The summed E-state index contributed by atoms with van der Waals surface area (Å²) in [5.41, 5.74) is -0.247. The Bertz CT molecular complexity index is 898. The lowest BCUT2D eigenvalue weighted by atomic mass is 10.1. The molecule has 0 fully saturated rings. The fourth-order valence-electron chi connectivity index (χ4n) is 2.47. The number of rotatable bonds is 6. The molecule has 2 aromatic carbocycles. The van der Waals surface area contributed by atoms with E-state index in [0.717, 1.165) is 23.1 Å². The molecule has 0 aliphatic rings. The lowest BCUT2D eigenvalue weighted by Gasteiger charge is -2.22. The van der Waals surface area contributed by atoms with Crippen molar-refractivity contribution in [2.75, 3.05) is 24.8 Å². The van der Waals surface area contributed by atoms with Crippen molar-refractivity contribution in [1.29, 1.82) is 0 Å². The first-order valence-electron chi connectivity index (χ1n) is 7.75. The largest absolute Gasteiger partial charge is 0.497 e. The number of methoxy groups -OCH3 is 1. The molecule has 0 saturated carbocycles. The number of benzene rings is 2. The zero-order valence-corrected chi connectivity index (χ0v) is 15.4. The van der Waals surface area contributed by atoms with E-state index in [2.05, 4.69) is 0 Å². The number of anilines is 1. The van der Waals surface area contributed by atoms with Gasteiger partial charge in [0.15, 0.2) is 9.84 Å². The SMILES string of the molecule is COc1ccc(S(=O)(=O)CC(C)C(=O)N(C)c2cc(F)ccc2F)cc1. The number of ether oxygens (including phenoxy) is 1. The maximum absolute atomic E-state index is 13.8. The minimum Gasteiger partial charge on any atom is -0.497 e. The fraction of sp³-hybridized carbons (Fsp3) is 0.278. The van der Waals surface area contributed by atoms with Crippen LogP contribution in [0, 0.1) is 17.6 Å². The highest BCUT2D eigenvalue weighted by Crippen LogP contribution is 2.23. The lowest BCUT2D eigenvalue weighted by molar-refractivity contribution is -0.121. The van der Waals surface area contributed by atoms with Crippen molar-refractivity contribution >= 4 is 21.4 Å². The predicted octanol–water partition coefficient (Wildman–Crippen LogP) is 3.05. The molecular formula is C18H19F2NO4S. The summed E-state index contributed by atoms with van der Waals surface area (Å²) in [6.45, 7) is 1.43. The van der Waals surface area contributed by atoms with E-state index >= 15 is 0 Å². The fourth-order valence-corrected chi connectivity index (χ4v) is 4.02. The molecule has 0 aliphatic heterocycles. The van der Waals surface area contributed by atoms with Crippen molar-refractivity contribution < 1.29 is 26.7 Å². The maximum atomic E-state index is 13.8. The highest BCUT2D eigenvalue weighted by Gasteiger charge is 2.27. The zero-order chi connectivity index (χ0) is 19.5. The summed E-state index contributed by atoms with van der Waals surface area (Å²) in [6.07, 6.45) is 0. The molecule has 1 unspecified atom stereocenters. The van der Waals surface area contributed by atoms with Gasteiger partial charge in [0.05, 0.1) is 23.4 Å². The van der Waals surface area contributed by atoms with Crippen molar-refractivity contribution in [3.8, 4) is 5.75 Å². The number of carbonyl (C=O) groups excluding carboxylic acids is 1. The summed E-state index contributed by atoms with van der Waals surface area (Å²) in [7, 11) is -0.996. The average Bonchev–Trinajstić information content (AvgIpc) is 2.62. The van der Waals surface area contributed by atoms with E-state index in [4.69, 9.17) is 4.74 Å². The van der Waals surface area contributed by atoms with E-state index in [0.29, 0.717) is 5.75 Å². The molecule has 5 nitrogen and oxygen atoms in total. The molecule has 0 spiro atoms. The molecular weight excluding hydrogens is 364 g/mol. The van der Waals surface area contributed by atoms with Gasteiger partial charge in [-0.1, -0.05) is 6.92 Å². The second-order valence-electron chi connectivity index (χ2n) is 5.85. The van der Waals surface area contributed by atoms with Crippen LogP contribution in [0.4, 0.5) is 14.5 Å². The highest BCUT2D eigenvalue weighted by atomic mass is 32.2. The average molecular weight is 383 g/mol. The van der Waals surface area contributed by atoms with E-state index < -0.39 is 39.0 Å². The van der Waals surface area contributed by atoms with Crippen LogP contribution in [-0.2, 0) is 14.6 Å². The molecule has 0 aromatic heterocycles. The molecule has 1 atom stereocenters. The van der Waals surface area contributed by atoms with E-state index in [1.807, 2.05) is 0 Å². The molecule has 26 heavy (non-hydrogen) atoms. The van der Waals surface area contributed by atoms with Crippen molar-refractivity contribution in [3.05, 3.63) is 54.1 Å². The molecule has 8 heteroatoms. The minimum absolute atomic E-state index is 0.0533. The van der Waals surface area contributed by atoms with Crippen molar-refractivity contribution in [3.63, 3.8) is 0 Å². The summed E-state index contributed by atoms with van der Waals surface area (Å²) >= 11 is 0. The molecule has 0 radical (unpaired) electrons. The summed E-state index contributed by atoms with van der Waals surface area (Å²) < 4.78 is 57.1. The van der Waals surface area contributed by atoms with Gasteiger partial charge >= 0.3 is 0 Å². The van der Waals surface area contributed by atoms with Gasteiger partial charge in [-0.25, -0.2) is 17.2 Å². The van der Waals surface area contributed by atoms with Crippen LogP contribution in [-0.4, -0.2) is 34.2 Å². The Morgan fingerprint density at radius 1 is 1.15 bits per heavy atom. The molecule has 1 amide bonds. The van der Waals surface area contributed by atoms with Crippen molar-refractivity contribution in [1.82, 2.24) is 0 Å². The Morgan fingerprint density at radius 3 is 2.35 bits per heavy atom. The number of sulfone groups is 1. The topological polar surface area (TPSA) is 63.7 Å². The quantitative estimate of drug-likeness (QED) is 0.769. The van der Waals surface area contributed by atoms with Gasteiger partial charge in [0.25, 0.3) is 0 Å². The van der Waals surface area contributed by atoms with Gasteiger partial charge in [0.1, 0.15) is 17.4 Å². The molecule has 2 rings (SSSR count). The molecule has 0 saturated heterocycles. The molecule has 0 heterocycles. The Morgan fingerprint density at radius 2 is 1.77 bits per heavy atom. The van der Waals surface area contributed by atoms with Crippen LogP contribution in [0.1, 0.15) is 6.92 Å². The van der Waals surface area contributed by atoms with E-state index in [9.17, 15) is 22.0 Å². The third-order valence-corrected chi connectivity index (χ3v) is 5.84. The first-order chi connectivity index (χ1) is 12.2. The van der Waals surface area contributed by atoms with Crippen molar-refractivity contribution in [2.24, 2.45) is 5.92 Å². The second-order valence-corrected chi connectivity index (χ2v) is 7.89. The summed E-state index contributed by atoms with van der Waals surface area (Å²) in [5, 5.41) is 0. The molecule has 0 aliphatic carbocycles. The standard InChI is InChI=1S/C18H19F2NO4S/c1-12(11-26(23,24)15-7-5-14(25-3)6-8-15)18(22)21(2)17-10-13(19)4-9-16(17)20/h4-10,12H,11H2,1-3H3. The smallest absolute Gasteiger partial charge is 0.230 e. The van der Waals surface area contributed by atoms with Gasteiger partial charge in [-0.05, 0) is 36.4 Å². The monoisotopic (exact) mass is 383 g/mol. The molecule has 2 aromatic rings. The third-order valence-electron chi connectivity index (χ3n) is 3.91. The number of amides is 1. The first kappa shape index (κ1) is 19.8. The van der Waals surface area contributed by atoms with Gasteiger partial charge in [0.2, 0.25) is 5.91 Å². The van der Waals surface area contributed by atoms with Crippen LogP contribution >= 0.6 is 0 Å². The highest BCUT2D eigenvalue weighted by molar-refractivity contribution is 7.91. The number of halogens is 2.